The molecule has 1 aromatic rings. The highest BCUT2D eigenvalue weighted by Gasteiger charge is 2.30. The van der Waals surface area contributed by atoms with Crippen molar-refractivity contribution in [2.45, 2.75) is 25.8 Å². The maximum absolute atomic E-state index is 11.9. The van der Waals surface area contributed by atoms with Crippen LogP contribution >= 0.6 is 0 Å². The van der Waals surface area contributed by atoms with Gasteiger partial charge in [0, 0.05) is 37.9 Å². The minimum Gasteiger partial charge on any atom is -0.356 e. The summed E-state index contributed by atoms with van der Waals surface area (Å²) in [5.41, 5.74) is 0.982. The lowest BCUT2D eigenvalue weighted by atomic mass is 10.1. The summed E-state index contributed by atoms with van der Waals surface area (Å²) >= 11 is 0. The predicted molar refractivity (Wildman–Crippen MR) is 74.0 cm³/mol. The summed E-state index contributed by atoms with van der Waals surface area (Å²) < 4.78 is 0. The monoisotopic (exact) mass is 279 g/mol. The van der Waals surface area contributed by atoms with Crippen molar-refractivity contribution in [1.82, 2.24) is 25.7 Å². The summed E-state index contributed by atoms with van der Waals surface area (Å²) in [6, 6.07) is 1.53. The molecule has 1 aliphatic heterocycles. The number of H-pyrrole nitrogens is 1. The average Bonchev–Trinajstić information content (AvgIpc) is 2.94. The minimum absolute atomic E-state index is 0.0539. The number of piperazine rings is 1. The minimum atomic E-state index is -0.346. The first-order chi connectivity index (χ1) is 9.70. The van der Waals surface area contributed by atoms with Crippen LogP contribution in [-0.2, 0) is 16.0 Å². The van der Waals surface area contributed by atoms with Crippen LogP contribution in [0.25, 0.3) is 0 Å². The zero-order valence-electron chi connectivity index (χ0n) is 11.7. The van der Waals surface area contributed by atoms with E-state index in [0.717, 1.165) is 18.8 Å². The molecule has 1 atom stereocenters. The lowest BCUT2D eigenvalue weighted by Gasteiger charge is -2.33. The fourth-order valence-corrected chi connectivity index (χ4v) is 2.37. The number of nitrogens with zero attached hydrogens (tertiary/aromatic N) is 2. The molecule has 20 heavy (non-hydrogen) atoms. The summed E-state index contributed by atoms with van der Waals surface area (Å²) in [4.78, 5) is 25.8. The van der Waals surface area contributed by atoms with Crippen LogP contribution < -0.4 is 10.6 Å². The van der Waals surface area contributed by atoms with Crippen molar-refractivity contribution in [2.75, 3.05) is 26.2 Å². The number of hydrogen-bond donors (Lipinski definition) is 3. The fraction of sp³-hybridized carbons (Fsp3) is 0.615. The van der Waals surface area contributed by atoms with E-state index in [0.29, 0.717) is 19.5 Å². The Hall–Kier alpha value is -1.89. The zero-order chi connectivity index (χ0) is 14.4. The second kappa shape index (κ2) is 7.04. The molecule has 110 valence electrons. The van der Waals surface area contributed by atoms with Gasteiger partial charge in [-0.15, -0.1) is 0 Å². The number of hydrogen-bond acceptors (Lipinski definition) is 4. The van der Waals surface area contributed by atoms with Crippen LogP contribution in [0.4, 0.5) is 0 Å². The van der Waals surface area contributed by atoms with Gasteiger partial charge in [0.25, 0.3) is 0 Å². The number of aromatic amines is 1. The fourth-order valence-electron chi connectivity index (χ4n) is 2.37. The third kappa shape index (κ3) is 3.80. The van der Waals surface area contributed by atoms with E-state index in [9.17, 15) is 9.59 Å². The normalized spacial score (nSPS) is 19.6. The predicted octanol–water partition coefficient (Wildman–Crippen LogP) is -0.721. The largest absolute Gasteiger partial charge is 0.356 e. The first-order valence-corrected chi connectivity index (χ1v) is 6.97. The molecule has 7 nitrogen and oxygen atoms in total. The molecule has 0 bridgehead atoms. The Morgan fingerprint density at radius 1 is 1.60 bits per heavy atom. The van der Waals surface area contributed by atoms with Gasteiger partial charge < -0.3 is 10.6 Å². The zero-order valence-corrected chi connectivity index (χ0v) is 11.7. The highest BCUT2D eigenvalue weighted by molar-refractivity contribution is 5.88. The molecule has 1 unspecified atom stereocenters. The van der Waals surface area contributed by atoms with Gasteiger partial charge in [0.1, 0.15) is 0 Å². The van der Waals surface area contributed by atoms with Gasteiger partial charge in [0.15, 0.2) is 0 Å². The van der Waals surface area contributed by atoms with E-state index in [1.807, 2.05) is 17.9 Å². The van der Waals surface area contributed by atoms with Crippen LogP contribution in [0.5, 0.6) is 0 Å². The Bertz CT molecular complexity index is 446. The lowest BCUT2D eigenvalue weighted by Crippen LogP contribution is -2.56. The van der Waals surface area contributed by atoms with E-state index in [-0.39, 0.29) is 24.3 Å². The molecule has 1 aromatic heterocycles. The molecule has 1 fully saturated rings. The van der Waals surface area contributed by atoms with Gasteiger partial charge in [0.05, 0.1) is 12.5 Å². The second-order valence-corrected chi connectivity index (χ2v) is 4.82. The van der Waals surface area contributed by atoms with Crippen LogP contribution in [0.15, 0.2) is 12.3 Å². The Morgan fingerprint density at radius 2 is 2.45 bits per heavy atom. The molecule has 0 saturated carbocycles. The molecule has 2 amide bonds. The van der Waals surface area contributed by atoms with Gasteiger partial charge in [-0.3, -0.25) is 19.6 Å². The van der Waals surface area contributed by atoms with Crippen LogP contribution in [0.1, 0.15) is 19.0 Å². The standard InChI is InChI=1S/C13H21N5O2/c1-2-18-8-7-15-13(20)11(18)9-12(19)14-5-3-10-4-6-16-17-10/h4,6,11H,2-3,5,7-9H2,1H3,(H,14,19)(H,15,20)(H,16,17). The van der Waals surface area contributed by atoms with Gasteiger partial charge in [-0.05, 0) is 12.6 Å². The number of carbonyl (C=O) groups is 2. The van der Waals surface area contributed by atoms with Gasteiger partial charge in [-0.1, -0.05) is 6.92 Å². The van der Waals surface area contributed by atoms with Crippen LogP contribution in [0.3, 0.4) is 0 Å². The highest BCUT2D eigenvalue weighted by atomic mass is 16.2. The summed E-state index contributed by atoms with van der Waals surface area (Å²) in [5.74, 6) is -0.146. The molecule has 1 saturated heterocycles. The molecule has 0 aromatic carbocycles. The molecular formula is C13H21N5O2. The third-order valence-electron chi connectivity index (χ3n) is 3.50. The Balaban J connectivity index is 1.76. The van der Waals surface area contributed by atoms with Crippen molar-refractivity contribution in [1.29, 1.82) is 0 Å². The second-order valence-electron chi connectivity index (χ2n) is 4.82. The number of aromatic nitrogens is 2. The van der Waals surface area contributed by atoms with Crippen molar-refractivity contribution in [2.24, 2.45) is 0 Å². The van der Waals surface area contributed by atoms with Gasteiger partial charge in [-0.2, -0.15) is 5.10 Å². The quantitative estimate of drug-likeness (QED) is 0.641. The highest BCUT2D eigenvalue weighted by Crippen LogP contribution is 2.08. The van der Waals surface area contributed by atoms with Gasteiger partial charge >= 0.3 is 0 Å². The Morgan fingerprint density at radius 3 is 3.15 bits per heavy atom. The van der Waals surface area contributed by atoms with E-state index < -0.39 is 0 Å². The average molecular weight is 279 g/mol. The summed E-state index contributed by atoms with van der Waals surface area (Å²) in [7, 11) is 0. The van der Waals surface area contributed by atoms with Crippen molar-refractivity contribution in [3.05, 3.63) is 18.0 Å². The van der Waals surface area contributed by atoms with Crippen LogP contribution in [-0.4, -0.2) is 59.1 Å². The summed E-state index contributed by atoms with van der Waals surface area (Å²) in [5, 5.41) is 12.3. The maximum atomic E-state index is 11.9. The van der Waals surface area contributed by atoms with E-state index in [4.69, 9.17) is 0 Å². The van der Waals surface area contributed by atoms with Crippen molar-refractivity contribution in [3.8, 4) is 0 Å². The number of amides is 2. The lowest BCUT2D eigenvalue weighted by molar-refractivity contribution is -0.133. The van der Waals surface area contributed by atoms with Gasteiger partial charge in [0.2, 0.25) is 11.8 Å². The molecule has 7 heteroatoms. The number of carbonyl (C=O) groups excluding carboxylic acids is 2. The topological polar surface area (TPSA) is 90.1 Å². The summed E-state index contributed by atoms with van der Waals surface area (Å²) in [6.45, 7) is 4.78. The van der Waals surface area contributed by atoms with Crippen molar-refractivity contribution < 1.29 is 9.59 Å². The first kappa shape index (κ1) is 14.5. The number of likely N-dealkylation sites (N-methyl/N-ethyl adjacent to an activating group) is 1. The molecule has 0 radical (unpaired) electrons. The molecule has 0 aliphatic carbocycles. The molecule has 0 spiro atoms. The maximum Gasteiger partial charge on any atom is 0.237 e. The van der Waals surface area contributed by atoms with E-state index >= 15 is 0 Å². The molecule has 1 aliphatic rings. The number of nitrogens with one attached hydrogen (secondary N) is 3. The molecule has 2 heterocycles. The van der Waals surface area contributed by atoms with E-state index in [2.05, 4.69) is 20.8 Å². The van der Waals surface area contributed by atoms with Crippen LogP contribution in [0.2, 0.25) is 0 Å². The summed E-state index contributed by atoms with van der Waals surface area (Å²) in [6.07, 6.45) is 2.60. The van der Waals surface area contributed by atoms with Gasteiger partial charge in [-0.25, -0.2) is 0 Å². The Labute approximate surface area is 118 Å². The molecular weight excluding hydrogens is 258 g/mol. The van der Waals surface area contributed by atoms with Crippen molar-refractivity contribution in [3.63, 3.8) is 0 Å². The van der Waals surface area contributed by atoms with E-state index in [1.165, 1.54) is 0 Å². The molecule has 2 rings (SSSR count). The van der Waals surface area contributed by atoms with Crippen LogP contribution in [0, 0.1) is 0 Å². The first-order valence-electron chi connectivity index (χ1n) is 6.97. The van der Waals surface area contributed by atoms with Crippen molar-refractivity contribution >= 4 is 11.8 Å². The Kier molecular flexibility index (Phi) is 5.11. The SMILES string of the molecule is CCN1CCNC(=O)C1CC(=O)NCCc1ccn[nH]1. The third-order valence-corrected chi connectivity index (χ3v) is 3.50. The number of rotatable bonds is 6. The van der Waals surface area contributed by atoms with E-state index in [1.54, 1.807) is 6.20 Å². The smallest absolute Gasteiger partial charge is 0.237 e. The molecule has 3 N–H and O–H groups in total.